The van der Waals surface area contributed by atoms with E-state index in [1.54, 1.807) is 0 Å². The van der Waals surface area contributed by atoms with E-state index in [1.165, 1.54) is 5.56 Å². The summed E-state index contributed by atoms with van der Waals surface area (Å²) in [6.45, 7) is 4.20. The Hall–Kier alpha value is -3.13. The van der Waals surface area contributed by atoms with Crippen molar-refractivity contribution in [2.45, 2.75) is 20.3 Å². The van der Waals surface area contributed by atoms with Crippen molar-refractivity contribution in [3.63, 3.8) is 0 Å². The highest BCUT2D eigenvalue weighted by Gasteiger charge is 2.09. The molecule has 2 heteroatoms. The van der Waals surface area contributed by atoms with E-state index in [2.05, 4.69) is 43.4 Å². The van der Waals surface area contributed by atoms with Crippen molar-refractivity contribution in [2.75, 3.05) is 5.32 Å². The van der Waals surface area contributed by atoms with Crippen LogP contribution >= 0.6 is 0 Å². The largest absolute Gasteiger partial charge is 0.355 e. The van der Waals surface area contributed by atoms with Crippen LogP contribution in [-0.2, 0) is 0 Å². The highest BCUT2D eigenvalue weighted by Crippen LogP contribution is 2.21. The van der Waals surface area contributed by atoms with Crippen LogP contribution in [0.25, 0.3) is 5.70 Å². The van der Waals surface area contributed by atoms with Crippen molar-refractivity contribution in [2.24, 2.45) is 0 Å². The van der Waals surface area contributed by atoms with Gasteiger partial charge in [0, 0.05) is 22.5 Å². The summed E-state index contributed by atoms with van der Waals surface area (Å²) in [6, 6.07) is 25.5. The lowest BCUT2D eigenvalue weighted by Crippen LogP contribution is -2.03. The molecule has 3 aromatic carbocycles. The van der Waals surface area contributed by atoms with Crippen molar-refractivity contribution < 1.29 is 4.79 Å². The summed E-state index contributed by atoms with van der Waals surface area (Å²) in [5.74, 6) is 0.0461. The molecule has 0 saturated heterocycles. The lowest BCUT2D eigenvalue weighted by molar-refractivity contribution is 0.103. The SMILES string of the molecule is CC/C=C(\Nc1cccc(C)c1)c1ccc(C(=O)c2ccccc2)cc1. The summed E-state index contributed by atoms with van der Waals surface area (Å²) in [6.07, 6.45) is 3.09. The molecule has 0 aliphatic rings. The molecule has 26 heavy (non-hydrogen) atoms. The average Bonchev–Trinajstić information content (AvgIpc) is 2.68. The zero-order valence-electron chi connectivity index (χ0n) is 15.2. The van der Waals surface area contributed by atoms with Gasteiger partial charge in [0.1, 0.15) is 0 Å². The molecule has 2 nitrogen and oxygen atoms in total. The first-order chi connectivity index (χ1) is 12.7. The highest BCUT2D eigenvalue weighted by atomic mass is 16.1. The van der Waals surface area contributed by atoms with Gasteiger partial charge >= 0.3 is 0 Å². The molecule has 0 aliphatic heterocycles. The Morgan fingerprint density at radius 1 is 0.846 bits per heavy atom. The molecule has 0 amide bonds. The van der Waals surface area contributed by atoms with Gasteiger partial charge in [-0.25, -0.2) is 0 Å². The summed E-state index contributed by atoms with van der Waals surface area (Å²) in [5.41, 5.74) is 5.81. The fraction of sp³-hybridized carbons (Fsp3) is 0.125. The number of anilines is 1. The Morgan fingerprint density at radius 2 is 1.50 bits per heavy atom. The molecule has 0 atom stereocenters. The van der Waals surface area contributed by atoms with Gasteiger partial charge in [-0.1, -0.05) is 79.7 Å². The molecule has 1 N–H and O–H groups in total. The van der Waals surface area contributed by atoms with Gasteiger partial charge in [0.25, 0.3) is 0 Å². The van der Waals surface area contributed by atoms with Gasteiger partial charge < -0.3 is 5.32 Å². The molecule has 0 spiro atoms. The topological polar surface area (TPSA) is 29.1 Å². The van der Waals surface area contributed by atoms with Gasteiger partial charge in [0.05, 0.1) is 0 Å². The number of hydrogen-bond acceptors (Lipinski definition) is 2. The standard InChI is InChI=1S/C24H23NO/c1-3-8-23(25-22-12-7-9-18(2)17-22)19-13-15-21(16-14-19)24(26)20-10-5-4-6-11-20/h4-17,25H,3H2,1-2H3/b23-8-. The molecule has 0 bridgehead atoms. The van der Waals surface area contributed by atoms with Crippen LogP contribution in [0.1, 0.15) is 40.4 Å². The first-order valence-electron chi connectivity index (χ1n) is 8.91. The summed E-state index contributed by atoms with van der Waals surface area (Å²) in [7, 11) is 0. The zero-order valence-corrected chi connectivity index (χ0v) is 15.2. The number of rotatable bonds is 6. The van der Waals surface area contributed by atoms with Crippen molar-refractivity contribution in [1.29, 1.82) is 0 Å². The minimum absolute atomic E-state index is 0.0461. The molecular formula is C24H23NO. The molecule has 0 unspecified atom stereocenters. The third-order valence-electron chi connectivity index (χ3n) is 4.20. The Morgan fingerprint density at radius 3 is 2.15 bits per heavy atom. The Kier molecular flexibility index (Phi) is 5.65. The maximum absolute atomic E-state index is 12.6. The molecule has 130 valence electrons. The maximum Gasteiger partial charge on any atom is 0.193 e. The van der Waals surface area contributed by atoms with Gasteiger partial charge in [-0.3, -0.25) is 4.79 Å². The van der Waals surface area contributed by atoms with E-state index < -0.39 is 0 Å². The molecule has 3 rings (SSSR count). The number of benzene rings is 3. The van der Waals surface area contributed by atoms with Crippen LogP contribution in [-0.4, -0.2) is 5.78 Å². The second-order valence-electron chi connectivity index (χ2n) is 6.29. The number of aryl methyl sites for hydroxylation is 1. The molecule has 0 radical (unpaired) electrons. The predicted octanol–water partition coefficient (Wildman–Crippen LogP) is 6.09. The summed E-state index contributed by atoms with van der Waals surface area (Å²) >= 11 is 0. The summed E-state index contributed by atoms with van der Waals surface area (Å²) in [5, 5.41) is 3.49. The molecule has 0 heterocycles. The third kappa shape index (κ3) is 4.28. The molecule has 3 aromatic rings. The van der Waals surface area contributed by atoms with Crippen LogP contribution in [0.4, 0.5) is 5.69 Å². The van der Waals surface area contributed by atoms with Gasteiger partial charge in [0.2, 0.25) is 0 Å². The lowest BCUT2D eigenvalue weighted by atomic mass is 10.0. The zero-order chi connectivity index (χ0) is 18.4. The molecule has 0 aliphatic carbocycles. The highest BCUT2D eigenvalue weighted by molar-refractivity contribution is 6.09. The van der Waals surface area contributed by atoms with E-state index in [9.17, 15) is 4.79 Å². The van der Waals surface area contributed by atoms with Gasteiger partial charge in [-0.05, 0) is 36.6 Å². The fourth-order valence-electron chi connectivity index (χ4n) is 2.88. The minimum atomic E-state index is 0.0461. The lowest BCUT2D eigenvalue weighted by Gasteiger charge is -2.13. The van der Waals surface area contributed by atoms with E-state index in [0.717, 1.165) is 23.4 Å². The quantitative estimate of drug-likeness (QED) is 0.550. The van der Waals surface area contributed by atoms with Crippen LogP contribution in [0.3, 0.4) is 0 Å². The monoisotopic (exact) mass is 341 g/mol. The number of nitrogens with one attached hydrogen (secondary N) is 1. The minimum Gasteiger partial charge on any atom is -0.355 e. The van der Waals surface area contributed by atoms with E-state index in [4.69, 9.17) is 0 Å². The van der Waals surface area contributed by atoms with Crippen molar-refractivity contribution in [3.05, 3.63) is 107 Å². The first-order valence-corrected chi connectivity index (χ1v) is 8.91. The predicted molar refractivity (Wildman–Crippen MR) is 109 cm³/mol. The Bertz CT molecular complexity index is 908. The van der Waals surface area contributed by atoms with E-state index in [0.29, 0.717) is 11.1 Å². The van der Waals surface area contributed by atoms with Gasteiger partial charge in [-0.15, -0.1) is 0 Å². The second-order valence-corrected chi connectivity index (χ2v) is 6.29. The molecular weight excluding hydrogens is 318 g/mol. The molecule has 0 saturated carbocycles. The van der Waals surface area contributed by atoms with Crippen LogP contribution in [0, 0.1) is 6.92 Å². The number of hydrogen-bond donors (Lipinski definition) is 1. The smallest absolute Gasteiger partial charge is 0.193 e. The Balaban J connectivity index is 1.83. The van der Waals surface area contributed by atoms with Crippen molar-refractivity contribution in [1.82, 2.24) is 0 Å². The van der Waals surface area contributed by atoms with Gasteiger partial charge in [0.15, 0.2) is 5.78 Å². The van der Waals surface area contributed by atoms with Crippen LogP contribution in [0.2, 0.25) is 0 Å². The number of ketones is 1. The number of allylic oxidation sites excluding steroid dienone is 1. The number of carbonyl (C=O) groups excluding carboxylic acids is 1. The number of carbonyl (C=O) groups is 1. The summed E-state index contributed by atoms with van der Waals surface area (Å²) in [4.78, 5) is 12.6. The van der Waals surface area contributed by atoms with Gasteiger partial charge in [-0.2, -0.15) is 0 Å². The summed E-state index contributed by atoms with van der Waals surface area (Å²) < 4.78 is 0. The van der Waals surface area contributed by atoms with Crippen LogP contribution < -0.4 is 5.32 Å². The fourth-order valence-corrected chi connectivity index (χ4v) is 2.88. The van der Waals surface area contributed by atoms with Crippen molar-refractivity contribution >= 4 is 17.2 Å². The van der Waals surface area contributed by atoms with E-state index >= 15 is 0 Å². The van der Waals surface area contributed by atoms with Crippen LogP contribution in [0.15, 0.2) is 84.9 Å². The maximum atomic E-state index is 12.6. The first kappa shape index (κ1) is 17.7. The van der Waals surface area contributed by atoms with E-state index in [-0.39, 0.29) is 5.78 Å². The molecule has 0 aromatic heterocycles. The van der Waals surface area contributed by atoms with Crippen LogP contribution in [0.5, 0.6) is 0 Å². The Labute approximate surface area is 155 Å². The van der Waals surface area contributed by atoms with E-state index in [1.807, 2.05) is 60.7 Å². The normalized spacial score (nSPS) is 11.2. The molecule has 0 fully saturated rings. The average molecular weight is 341 g/mol. The van der Waals surface area contributed by atoms with Crippen molar-refractivity contribution in [3.8, 4) is 0 Å². The second kappa shape index (κ2) is 8.30. The third-order valence-corrected chi connectivity index (χ3v) is 4.20.